The number of esters is 1. The van der Waals surface area contributed by atoms with Crippen LogP contribution in [0.2, 0.25) is 0 Å². The van der Waals surface area contributed by atoms with Crippen molar-refractivity contribution in [1.82, 2.24) is 0 Å². The van der Waals surface area contributed by atoms with Crippen LogP contribution in [0, 0.1) is 11.8 Å². The van der Waals surface area contributed by atoms with Crippen molar-refractivity contribution in [3.8, 4) is 0 Å². The lowest BCUT2D eigenvalue weighted by atomic mass is 10.0. The Bertz CT molecular complexity index is 142. The first-order valence-corrected chi connectivity index (χ1v) is 3.54. The van der Waals surface area contributed by atoms with E-state index in [9.17, 15) is 4.79 Å². The van der Waals surface area contributed by atoms with Gasteiger partial charge in [0, 0.05) is 5.92 Å². The first-order chi connectivity index (χ1) is 4.38. The molecule has 2 rings (SSSR count). The highest BCUT2D eigenvalue weighted by molar-refractivity contribution is 5.75. The van der Waals surface area contributed by atoms with Crippen molar-refractivity contribution in [2.24, 2.45) is 11.8 Å². The molecule has 1 aliphatic heterocycles. The Kier molecular flexibility index (Phi) is 1.01. The first kappa shape index (κ1) is 5.27. The highest BCUT2D eigenvalue weighted by atomic mass is 16.5. The maximum Gasteiger partial charge on any atom is 0.309 e. The highest BCUT2D eigenvalue weighted by Crippen LogP contribution is 2.36. The van der Waals surface area contributed by atoms with E-state index < -0.39 is 0 Å². The second-order valence-electron chi connectivity index (χ2n) is 2.93. The third kappa shape index (κ3) is 0.655. The van der Waals surface area contributed by atoms with Crippen molar-refractivity contribution in [3.63, 3.8) is 0 Å². The second-order valence-corrected chi connectivity index (χ2v) is 2.93. The van der Waals surface area contributed by atoms with Gasteiger partial charge < -0.3 is 4.74 Å². The summed E-state index contributed by atoms with van der Waals surface area (Å²) in [5.41, 5.74) is 0. The third-order valence-corrected chi connectivity index (χ3v) is 2.40. The molecule has 1 heterocycles. The number of carbonyl (C=O) groups excluding carboxylic acids is 1. The minimum Gasteiger partial charge on any atom is -0.465 e. The van der Waals surface area contributed by atoms with Gasteiger partial charge in [0.1, 0.15) is 0 Å². The summed E-state index contributed by atoms with van der Waals surface area (Å²) in [5, 5.41) is 0. The molecule has 0 bridgehead atoms. The van der Waals surface area contributed by atoms with Crippen molar-refractivity contribution in [3.05, 3.63) is 0 Å². The average molecular weight is 126 g/mol. The fourth-order valence-corrected chi connectivity index (χ4v) is 1.84. The second kappa shape index (κ2) is 1.72. The van der Waals surface area contributed by atoms with Crippen molar-refractivity contribution < 1.29 is 9.53 Å². The van der Waals surface area contributed by atoms with Crippen LogP contribution in [0.3, 0.4) is 0 Å². The SMILES string of the molecule is O=C1OCC2CCCC12. The molecule has 9 heavy (non-hydrogen) atoms. The molecule has 0 spiro atoms. The average Bonchev–Trinajstić information content (AvgIpc) is 2.35. The molecule has 0 aromatic heterocycles. The first-order valence-electron chi connectivity index (χ1n) is 3.54. The van der Waals surface area contributed by atoms with E-state index in [0.29, 0.717) is 12.5 Å². The quantitative estimate of drug-likeness (QED) is 0.452. The Morgan fingerprint density at radius 1 is 1.44 bits per heavy atom. The minimum absolute atomic E-state index is 0.0532. The Balaban J connectivity index is 2.15. The topological polar surface area (TPSA) is 26.3 Å². The molecule has 0 N–H and O–H groups in total. The number of carbonyl (C=O) groups is 1. The van der Waals surface area contributed by atoms with Crippen LogP contribution in [0.1, 0.15) is 19.3 Å². The molecule has 2 nitrogen and oxygen atoms in total. The molecule has 0 radical (unpaired) electrons. The largest absolute Gasteiger partial charge is 0.465 e. The van der Waals surface area contributed by atoms with Gasteiger partial charge in [-0.05, 0) is 12.8 Å². The molecule has 2 atom stereocenters. The van der Waals surface area contributed by atoms with Gasteiger partial charge in [0.25, 0.3) is 0 Å². The molecule has 0 aromatic rings. The molecule has 2 heteroatoms. The number of cyclic esters (lactones) is 1. The molecule has 2 unspecified atom stereocenters. The summed E-state index contributed by atoms with van der Waals surface area (Å²) < 4.78 is 4.88. The van der Waals surface area contributed by atoms with Gasteiger partial charge in [-0.1, -0.05) is 6.42 Å². The van der Waals surface area contributed by atoms with Crippen LogP contribution in [-0.2, 0) is 9.53 Å². The summed E-state index contributed by atoms with van der Waals surface area (Å²) in [5.74, 6) is 0.917. The monoisotopic (exact) mass is 126 g/mol. The van der Waals surface area contributed by atoms with Gasteiger partial charge in [-0.25, -0.2) is 0 Å². The molecule has 0 aromatic carbocycles. The van der Waals surface area contributed by atoms with Gasteiger partial charge in [-0.3, -0.25) is 4.79 Å². The smallest absolute Gasteiger partial charge is 0.309 e. The number of fused-ring (bicyclic) bond motifs is 1. The van der Waals surface area contributed by atoms with Crippen molar-refractivity contribution >= 4 is 5.97 Å². The summed E-state index contributed by atoms with van der Waals surface area (Å²) in [4.78, 5) is 10.8. The van der Waals surface area contributed by atoms with Crippen LogP contribution >= 0.6 is 0 Å². The molecule has 2 fully saturated rings. The Labute approximate surface area is 54.2 Å². The van der Waals surface area contributed by atoms with Crippen LogP contribution in [-0.4, -0.2) is 12.6 Å². The molecule has 2 aliphatic rings. The summed E-state index contributed by atoms with van der Waals surface area (Å²) >= 11 is 0. The van der Waals surface area contributed by atoms with Crippen LogP contribution in [0.4, 0.5) is 0 Å². The van der Waals surface area contributed by atoms with E-state index in [1.807, 2.05) is 0 Å². The van der Waals surface area contributed by atoms with E-state index in [4.69, 9.17) is 4.74 Å². The number of hydrogen-bond donors (Lipinski definition) is 0. The fourth-order valence-electron chi connectivity index (χ4n) is 1.84. The lowest BCUT2D eigenvalue weighted by Crippen LogP contribution is -2.07. The van der Waals surface area contributed by atoms with Crippen LogP contribution in [0.15, 0.2) is 0 Å². The molecule has 0 amide bonds. The van der Waals surface area contributed by atoms with Gasteiger partial charge >= 0.3 is 5.97 Å². The van der Waals surface area contributed by atoms with Crippen LogP contribution in [0.5, 0.6) is 0 Å². The molecule has 1 saturated carbocycles. The standard InChI is InChI=1S/C7H10O2/c8-7-6-3-1-2-5(6)4-9-7/h5-6H,1-4H2. The number of ether oxygens (including phenoxy) is 1. The lowest BCUT2D eigenvalue weighted by molar-refractivity contribution is -0.141. The van der Waals surface area contributed by atoms with Gasteiger partial charge in [0.2, 0.25) is 0 Å². The van der Waals surface area contributed by atoms with Crippen molar-refractivity contribution in [2.75, 3.05) is 6.61 Å². The van der Waals surface area contributed by atoms with Gasteiger partial charge in [-0.2, -0.15) is 0 Å². The van der Waals surface area contributed by atoms with E-state index in [1.54, 1.807) is 0 Å². The zero-order valence-corrected chi connectivity index (χ0v) is 5.30. The summed E-state index contributed by atoms with van der Waals surface area (Å²) in [7, 11) is 0. The van der Waals surface area contributed by atoms with Gasteiger partial charge in [0.05, 0.1) is 12.5 Å². The number of hydrogen-bond acceptors (Lipinski definition) is 2. The Morgan fingerprint density at radius 2 is 2.33 bits per heavy atom. The summed E-state index contributed by atoms with van der Waals surface area (Å²) in [6, 6.07) is 0. The zero-order valence-electron chi connectivity index (χ0n) is 5.30. The third-order valence-electron chi connectivity index (χ3n) is 2.40. The molecule has 1 saturated heterocycles. The molecule has 50 valence electrons. The Morgan fingerprint density at radius 3 is 3.11 bits per heavy atom. The maximum absolute atomic E-state index is 10.8. The zero-order chi connectivity index (χ0) is 6.27. The van der Waals surface area contributed by atoms with Crippen molar-refractivity contribution in [1.29, 1.82) is 0 Å². The maximum atomic E-state index is 10.8. The molecular weight excluding hydrogens is 116 g/mol. The summed E-state index contributed by atoms with van der Waals surface area (Å²) in [6.45, 7) is 0.698. The molecular formula is C7H10O2. The Hall–Kier alpha value is -0.530. The van der Waals surface area contributed by atoms with Crippen LogP contribution in [0.25, 0.3) is 0 Å². The normalized spacial score (nSPS) is 40.7. The van der Waals surface area contributed by atoms with Gasteiger partial charge in [0.15, 0.2) is 0 Å². The van der Waals surface area contributed by atoms with E-state index >= 15 is 0 Å². The van der Waals surface area contributed by atoms with Crippen LogP contribution < -0.4 is 0 Å². The fraction of sp³-hybridized carbons (Fsp3) is 0.857. The van der Waals surface area contributed by atoms with E-state index in [1.165, 1.54) is 12.8 Å². The predicted molar refractivity (Wildman–Crippen MR) is 31.8 cm³/mol. The summed E-state index contributed by atoms with van der Waals surface area (Å²) in [6.07, 6.45) is 3.50. The predicted octanol–water partition coefficient (Wildman–Crippen LogP) is 0.960. The van der Waals surface area contributed by atoms with E-state index in [0.717, 1.165) is 6.42 Å². The van der Waals surface area contributed by atoms with Gasteiger partial charge in [-0.15, -0.1) is 0 Å². The lowest BCUT2D eigenvalue weighted by Gasteiger charge is -1.97. The van der Waals surface area contributed by atoms with Crippen molar-refractivity contribution in [2.45, 2.75) is 19.3 Å². The molecule has 1 aliphatic carbocycles. The van der Waals surface area contributed by atoms with E-state index in [2.05, 4.69) is 0 Å². The van der Waals surface area contributed by atoms with E-state index in [-0.39, 0.29) is 11.9 Å². The number of rotatable bonds is 0. The minimum atomic E-state index is 0.0532. The highest BCUT2D eigenvalue weighted by Gasteiger charge is 2.39.